The lowest BCUT2D eigenvalue weighted by molar-refractivity contribution is 0.0695. The van der Waals surface area contributed by atoms with Gasteiger partial charge in [0.2, 0.25) is 5.89 Å². The van der Waals surface area contributed by atoms with Crippen molar-refractivity contribution in [3.05, 3.63) is 47.7 Å². The van der Waals surface area contributed by atoms with Crippen molar-refractivity contribution >= 4 is 11.8 Å². The zero-order valence-corrected chi connectivity index (χ0v) is 21.2. The summed E-state index contributed by atoms with van der Waals surface area (Å²) in [5.74, 6) is 0.572. The molecule has 0 atom stereocenters. The molecule has 1 N–H and O–H groups in total. The van der Waals surface area contributed by atoms with Gasteiger partial charge in [-0.2, -0.15) is 0 Å². The van der Waals surface area contributed by atoms with Crippen molar-refractivity contribution in [1.29, 1.82) is 0 Å². The lowest BCUT2D eigenvalue weighted by atomic mass is 10.2. The summed E-state index contributed by atoms with van der Waals surface area (Å²) in [6.45, 7) is 10.1. The molecule has 194 valence electrons. The third-order valence-electron chi connectivity index (χ3n) is 5.14. The number of ether oxygens (including phenoxy) is 3. The number of nitrogens with one attached hydrogen (secondary N) is 1. The van der Waals surface area contributed by atoms with E-state index in [1.165, 1.54) is 6.26 Å². The van der Waals surface area contributed by atoms with Gasteiger partial charge in [-0.25, -0.2) is 4.98 Å². The number of nitrogens with zero attached hydrogens (tertiary/aromatic N) is 2. The maximum atomic E-state index is 13.2. The highest BCUT2D eigenvalue weighted by atomic mass is 16.5. The van der Waals surface area contributed by atoms with Crippen molar-refractivity contribution in [1.82, 2.24) is 15.2 Å². The smallest absolute Gasteiger partial charge is 0.273 e. The van der Waals surface area contributed by atoms with E-state index >= 15 is 0 Å². The number of amides is 2. The Kier molecular flexibility index (Phi) is 13.5. The summed E-state index contributed by atoms with van der Waals surface area (Å²) in [6.07, 6.45) is 4.75. The molecule has 0 aliphatic carbocycles. The molecule has 0 aliphatic heterocycles. The molecular formula is C26H39N3O6. The molecule has 0 aliphatic rings. The number of carbonyl (C=O) groups excluding carboxylic acids is 2. The van der Waals surface area contributed by atoms with Crippen molar-refractivity contribution in [2.45, 2.75) is 53.0 Å². The Morgan fingerprint density at radius 1 is 0.971 bits per heavy atom. The van der Waals surface area contributed by atoms with E-state index < -0.39 is 0 Å². The maximum Gasteiger partial charge on any atom is 0.273 e. The maximum absolute atomic E-state index is 13.2. The van der Waals surface area contributed by atoms with Crippen molar-refractivity contribution in [3.8, 4) is 5.75 Å². The Morgan fingerprint density at radius 3 is 2.37 bits per heavy atom. The minimum Gasteiger partial charge on any atom is -0.494 e. The summed E-state index contributed by atoms with van der Waals surface area (Å²) >= 11 is 0. The Bertz CT molecular complexity index is 868. The fraction of sp³-hybridized carbons (Fsp3) is 0.577. The molecular weight excluding hydrogens is 450 g/mol. The van der Waals surface area contributed by atoms with Gasteiger partial charge in [-0.3, -0.25) is 9.59 Å². The Labute approximate surface area is 208 Å². The summed E-state index contributed by atoms with van der Waals surface area (Å²) in [5, 5.41) is 2.79. The summed E-state index contributed by atoms with van der Waals surface area (Å²) < 4.78 is 21.9. The molecule has 9 nitrogen and oxygen atoms in total. The number of unbranched alkanes of at least 4 members (excludes halogenated alkanes) is 1. The SMILES string of the molecule is CCCCOc1ccc(C(=O)N(CCCOCC)Cc2nc(C(=O)NCCCOCC)co2)cc1. The van der Waals surface area contributed by atoms with Gasteiger partial charge in [0.25, 0.3) is 11.8 Å². The molecule has 35 heavy (non-hydrogen) atoms. The largest absolute Gasteiger partial charge is 0.494 e. The number of rotatable bonds is 18. The second-order valence-corrected chi connectivity index (χ2v) is 7.94. The van der Waals surface area contributed by atoms with Gasteiger partial charge in [0, 0.05) is 45.1 Å². The van der Waals surface area contributed by atoms with Gasteiger partial charge in [0.15, 0.2) is 5.69 Å². The molecule has 0 spiro atoms. The van der Waals surface area contributed by atoms with Crippen LogP contribution in [0.25, 0.3) is 0 Å². The third kappa shape index (κ3) is 10.5. The fourth-order valence-corrected chi connectivity index (χ4v) is 3.23. The van der Waals surface area contributed by atoms with E-state index in [1.54, 1.807) is 29.2 Å². The van der Waals surface area contributed by atoms with Crippen molar-refractivity contribution < 1.29 is 28.2 Å². The molecule has 0 radical (unpaired) electrons. The summed E-state index contributed by atoms with van der Waals surface area (Å²) in [7, 11) is 0. The van der Waals surface area contributed by atoms with Crippen LogP contribution in [0.2, 0.25) is 0 Å². The van der Waals surface area contributed by atoms with Crippen LogP contribution >= 0.6 is 0 Å². The summed E-state index contributed by atoms with van der Waals surface area (Å²) in [6, 6.07) is 7.13. The normalized spacial score (nSPS) is 10.8. The molecule has 0 saturated heterocycles. The molecule has 0 unspecified atom stereocenters. The first kappa shape index (κ1) is 28.3. The van der Waals surface area contributed by atoms with Crippen LogP contribution in [0, 0.1) is 0 Å². The number of hydrogen-bond acceptors (Lipinski definition) is 7. The van der Waals surface area contributed by atoms with E-state index in [0.717, 1.165) is 25.0 Å². The molecule has 0 fully saturated rings. The molecule has 0 bridgehead atoms. The van der Waals surface area contributed by atoms with E-state index in [-0.39, 0.29) is 24.1 Å². The average molecular weight is 490 g/mol. The van der Waals surface area contributed by atoms with Gasteiger partial charge in [-0.1, -0.05) is 13.3 Å². The van der Waals surface area contributed by atoms with E-state index in [2.05, 4.69) is 17.2 Å². The predicted octanol–water partition coefficient (Wildman–Crippen LogP) is 4.08. The summed E-state index contributed by atoms with van der Waals surface area (Å²) in [4.78, 5) is 31.5. The zero-order valence-electron chi connectivity index (χ0n) is 21.2. The van der Waals surface area contributed by atoms with E-state index in [9.17, 15) is 9.59 Å². The van der Waals surface area contributed by atoms with Crippen LogP contribution in [0.15, 0.2) is 34.9 Å². The number of carbonyl (C=O) groups is 2. The Hall–Kier alpha value is -2.91. The first-order valence-corrected chi connectivity index (χ1v) is 12.5. The van der Waals surface area contributed by atoms with Crippen molar-refractivity contribution in [3.63, 3.8) is 0 Å². The van der Waals surface area contributed by atoms with Crippen LogP contribution in [0.1, 0.15) is 73.2 Å². The summed E-state index contributed by atoms with van der Waals surface area (Å²) in [5.41, 5.74) is 0.731. The Balaban J connectivity index is 1.99. The first-order chi connectivity index (χ1) is 17.1. The molecule has 2 rings (SSSR count). The second kappa shape index (κ2) is 16.7. The standard InChI is InChI=1S/C26H39N3O6/c1-4-7-18-34-22-12-10-21(11-13-22)26(31)29(15-9-17-33-6-3)19-24-28-23(20-35-24)25(30)27-14-8-16-32-5-2/h10-13,20H,4-9,14-19H2,1-3H3,(H,27,30). The van der Waals surface area contributed by atoms with E-state index in [1.807, 2.05) is 13.8 Å². The van der Waals surface area contributed by atoms with E-state index in [4.69, 9.17) is 18.6 Å². The van der Waals surface area contributed by atoms with Gasteiger partial charge in [0.05, 0.1) is 13.2 Å². The van der Waals surface area contributed by atoms with Crippen molar-refractivity contribution in [2.24, 2.45) is 0 Å². The average Bonchev–Trinajstić information content (AvgIpc) is 3.34. The monoisotopic (exact) mass is 489 g/mol. The third-order valence-corrected chi connectivity index (χ3v) is 5.14. The predicted molar refractivity (Wildman–Crippen MR) is 133 cm³/mol. The molecule has 1 aromatic carbocycles. The zero-order chi connectivity index (χ0) is 25.3. The van der Waals surface area contributed by atoms with Crippen LogP contribution in [-0.2, 0) is 16.0 Å². The number of benzene rings is 1. The number of hydrogen-bond donors (Lipinski definition) is 1. The highest BCUT2D eigenvalue weighted by molar-refractivity contribution is 5.94. The Morgan fingerprint density at radius 2 is 1.69 bits per heavy atom. The van der Waals surface area contributed by atoms with Gasteiger partial charge in [-0.15, -0.1) is 0 Å². The molecule has 2 aromatic rings. The van der Waals surface area contributed by atoms with Crippen LogP contribution < -0.4 is 10.1 Å². The van der Waals surface area contributed by atoms with Gasteiger partial charge in [-0.05, 0) is 57.4 Å². The van der Waals surface area contributed by atoms with Crippen LogP contribution in [-0.4, -0.2) is 67.8 Å². The van der Waals surface area contributed by atoms with E-state index in [0.29, 0.717) is 64.0 Å². The lowest BCUT2D eigenvalue weighted by Crippen LogP contribution is -2.32. The topological polar surface area (TPSA) is 103 Å². The molecule has 1 aromatic heterocycles. The fourth-order valence-electron chi connectivity index (χ4n) is 3.23. The van der Waals surface area contributed by atoms with Crippen LogP contribution in [0.5, 0.6) is 5.75 Å². The highest BCUT2D eigenvalue weighted by Gasteiger charge is 2.20. The van der Waals surface area contributed by atoms with Gasteiger partial charge >= 0.3 is 0 Å². The minimum absolute atomic E-state index is 0.150. The lowest BCUT2D eigenvalue weighted by Gasteiger charge is -2.21. The van der Waals surface area contributed by atoms with Gasteiger partial charge in [0.1, 0.15) is 12.0 Å². The minimum atomic E-state index is -0.315. The second-order valence-electron chi connectivity index (χ2n) is 7.94. The molecule has 2 amide bonds. The quantitative estimate of drug-likeness (QED) is 0.315. The molecule has 0 saturated carbocycles. The van der Waals surface area contributed by atoms with Gasteiger partial charge < -0.3 is 28.8 Å². The molecule has 9 heteroatoms. The molecule has 1 heterocycles. The number of oxazole rings is 1. The first-order valence-electron chi connectivity index (χ1n) is 12.5. The number of aromatic nitrogens is 1. The van der Waals surface area contributed by atoms with Crippen LogP contribution in [0.4, 0.5) is 0 Å². The van der Waals surface area contributed by atoms with Crippen molar-refractivity contribution in [2.75, 3.05) is 46.1 Å². The highest BCUT2D eigenvalue weighted by Crippen LogP contribution is 2.16. The van der Waals surface area contributed by atoms with Crippen LogP contribution in [0.3, 0.4) is 0 Å².